The first-order valence-electron chi connectivity index (χ1n) is 8.72. The van der Waals surface area contributed by atoms with E-state index >= 15 is 0 Å². The number of ether oxygens (including phenoxy) is 1. The maximum Gasteiger partial charge on any atom is 0.255 e. The second kappa shape index (κ2) is 6.59. The molecule has 2 aliphatic rings. The van der Waals surface area contributed by atoms with Crippen molar-refractivity contribution in [3.63, 3.8) is 0 Å². The maximum absolute atomic E-state index is 12.2. The molecule has 0 radical (unpaired) electrons. The SMILES string of the molecule is CCOC1CC(NC(=O)CNC(=O)c2cc(C)oc2C)C12CCC2. The van der Waals surface area contributed by atoms with E-state index in [9.17, 15) is 9.59 Å². The Balaban J connectivity index is 1.48. The fourth-order valence-corrected chi connectivity index (χ4v) is 4.00. The number of amides is 2. The molecule has 1 spiro atoms. The Morgan fingerprint density at radius 1 is 1.38 bits per heavy atom. The quantitative estimate of drug-likeness (QED) is 0.835. The minimum Gasteiger partial charge on any atom is -0.466 e. The molecule has 132 valence electrons. The summed E-state index contributed by atoms with van der Waals surface area (Å²) in [6.45, 7) is 6.23. The number of hydrogen-bond donors (Lipinski definition) is 2. The highest BCUT2D eigenvalue weighted by Crippen LogP contribution is 2.57. The summed E-state index contributed by atoms with van der Waals surface area (Å²) in [6, 6.07) is 1.86. The van der Waals surface area contributed by atoms with Gasteiger partial charge in [-0.25, -0.2) is 0 Å². The van der Waals surface area contributed by atoms with E-state index in [-0.39, 0.29) is 35.9 Å². The van der Waals surface area contributed by atoms with Crippen LogP contribution >= 0.6 is 0 Å². The van der Waals surface area contributed by atoms with Gasteiger partial charge < -0.3 is 19.8 Å². The third-order valence-electron chi connectivity index (χ3n) is 5.47. The van der Waals surface area contributed by atoms with Crippen molar-refractivity contribution < 1.29 is 18.7 Å². The highest BCUT2D eigenvalue weighted by molar-refractivity contribution is 5.97. The fourth-order valence-electron chi connectivity index (χ4n) is 4.00. The van der Waals surface area contributed by atoms with Crippen LogP contribution in [0.25, 0.3) is 0 Å². The monoisotopic (exact) mass is 334 g/mol. The van der Waals surface area contributed by atoms with E-state index in [1.54, 1.807) is 19.9 Å². The van der Waals surface area contributed by atoms with Gasteiger partial charge in [-0.3, -0.25) is 9.59 Å². The summed E-state index contributed by atoms with van der Waals surface area (Å²) >= 11 is 0. The predicted octanol–water partition coefficient (Wildman–Crippen LogP) is 2.09. The third-order valence-corrected chi connectivity index (χ3v) is 5.47. The highest BCUT2D eigenvalue weighted by Gasteiger charge is 2.59. The van der Waals surface area contributed by atoms with Gasteiger partial charge >= 0.3 is 0 Å². The normalized spacial score (nSPS) is 24.1. The van der Waals surface area contributed by atoms with Crippen molar-refractivity contribution in [1.82, 2.24) is 10.6 Å². The molecule has 1 aromatic rings. The van der Waals surface area contributed by atoms with Gasteiger partial charge in [-0.15, -0.1) is 0 Å². The molecule has 6 heteroatoms. The summed E-state index contributed by atoms with van der Waals surface area (Å²) in [6.07, 6.45) is 4.57. The lowest BCUT2D eigenvalue weighted by Crippen LogP contribution is -2.68. The Hall–Kier alpha value is -1.82. The van der Waals surface area contributed by atoms with Crippen LogP contribution in [-0.2, 0) is 9.53 Å². The molecule has 2 N–H and O–H groups in total. The van der Waals surface area contributed by atoms with Crippen LogP contribution in [0.3, 0.4) is 0 Å². The van der Waals surface area contributed by atoms with Crippen LogP contribution < -0.4 is 10.6 Å². The molecule has 0 aliphatic heterocycles. The van der Waals surface area contributed by atoms with Crippen molar-refractivity contribution in [1.29, 1.82) is 0 Å². The van der Waals surface area contributed by atoms with Gasteiger partial charge in [0.25, 0.3) is 5.91 Å². The highest BCUT2D eigenvalue weighted by atomic mass is 16.5. The van der Waals surface area contributed by atoms with E-state index in [0.29, 0.717) is 23.7 Å². The molecular weight excluding hydrogens is 308 g/mol. The lowest BCUT2D eigenvalue weighted by atomic mass is 9.51. The van der Waals surface area contributed by atoms with Crippen molar-refractivity contribution in [3.8, 4) is 0 Å². The molecule has 2 amide bonds. The van der Waals surface area contributed by atoms with E-state index in [0.717, 1.165) is 19.3 Å². The van der Waals surface area contributed by atoms with Gasteiger partial charge in [-0.2, -0.15) is 0 Å². The van der Waals surface area contributed by atoms with Crippen molar-refractivity contribution in [3.05, 3.63) is 23.2 Å². The summed E-state index contributed by atoms with van der Waals surface area (Å²) < 4.78 is 11.1. The molecule has 2 atom stereocenters. The van der Waals surface area contributed by atoms with Crippen molar-refractivity contribution in [2.45, 2.75) is 58.6 Å². The molecule has 6 nitrogen and oxygen atoms in total. The molecule has 0 bridgehead atoms. The zero-order valence-corrected chi connectivity index (χ0v) is 14.6. The second-order valence-corrected chi connectivity index (χ2v) is 6.90. The lowest BCUT2D eigenvalue weighted by Gasteiger charge is -2.61. The van der Waals surface area contributed by atoms with Crippen molar-refractivity contribution in [2.75, 3.05) is 13.2 Å². The Morgan fingerprint density at radius 3 is 2.67 bits per heavy atom. The van der Waals surface area contributed by atoms with Crippen molar-refractivity contribution in [2.24, 2.45) is 5.41 Å². The van der Waals surface area contributed by atoms with Gasteiger partial charge in [-0.05, 0) is 46.1 Å². The summed E-state index contributed by atoms with van der Waals surface area (Å²) in [7, 11) is 0. The Bertz CT molecular complexity index is 633. The summed E-state index contributed by atoms with van der Waals surface area (Å²) in [5.74, 6) is 0.828. The van der Waals surface area contributed by atoms with Crippen LogP contribution in [0.4, 0.5) is 0 Å². The standard InChI is InChI=1S/C18H26N2O4/c1-4-23-15-9-14(18(15)6-5-7-18)20-16(21)10-19-17(22)13-8-11(2)24-12(13)3/h8,14-15H,4-7,9-10H2,1-3H3,(H,19,22)(H,20,21). The predicted molar refractivity (Wildman–Crippen MR) is 88.8 cm³/mol. The molecule has 1 heterocycles. The van der Waals surface area contributed by atoms with E-state index in [4.69, 9.17) is 9.15 Å². The van der Waals surface area contributed by atoms with Crippen LogP contribution in [0.1, 0.15) is 54.5 Å². The molecule has 2 fully saturated rings. The number of rotatable bonds is 6. The molecule has 2 saturated carbocycles. The van der Waals surface area contributed by atoms with E-state index < -0.39 is 0 Å². The smallest absolute Gasteiger partial charge is 0.255 e. The maximum atomic E-state index is 12.2. The molecule has 1 aromatic heterocycles. The Kier molecular flexibility index (Phi) is 4.67. The van der Waals surface area contributed by atoms with Crippen LogP contribution in [0.15, 0.2) is 10.5 Å². The number of carbonyl (C=O) groups is 2. The van der Waals surface area contributed by atoms with E-state index in [2.05, 4.69) is 10.6 Å². The largest absolute Gasteiger partial charge is 0.466 e. The Labute approximate surface area is 142 Å². The minimum absolute atomic E-state index is 0.0195. The van der Waals surface area contributed by atoms with Gasteiger partial charge in [-0.1, -0.05) is 6.42 Å². The lowest BCUT2D eigenvalue weighted by molar-refractivity contribution is -0.175. The van der Waals surface area contributed by atoms with Gasteiger partial charge in [0.05, 0.1) is 18.2 Å². The summed E-state index contributed by atoms with van der Waals surface area (Å²) in [4.78, 5) is 24.3. The van der Waals surface area contributed by atoms with Gasteiger partial charge in [0.2, 0.25) is 5.91 Å². The number of carbonyl (C=O) groups excluding carboxylic acids is 2. The summed E-state index contributed by atoms with van der Waals surface area (Å²) in [5, 5.41) is 5.73. The second-order valence-electron chi connectivity index (χ2n) is 6.90. The molecule has 2 aliphatic carbocycles. The van der Waals surface area contributed by atoms with Crippen LogP contribution in [-0.4, -0.2) is 37.1 Å². The topological polar surface area (TPSA) is 80.6 Å². The van der Waals surface area contributed by atoms with Crippen LogP contribution in [0.5, 0.6) is 0 Å². The van der Waals surface area contributed by atoms with E-state index in [1.165, 1.54) is 6.42 Å². The fraction of sp³-hybridized carbons (Fsp3) is 0.667. The first-order chi connectivity index (χ1) is 11.5. The minimum atomic E-state index is -0.279. The third kappa shape index (κ3) is 2.95. The average Bonchev–Trinajstić information content (AvgIpc) is 2.80. The molecule has 24 heavy (non-hydrogen) atoms. The number of nitrogens with one attached hydrogen (secondary N) is 2. The molecular formula is C18H26N2O4. The molecule has 0 aromatic carbocycles. The molecule has 2 unspecified atom stereocenters. The van der Waals surface area contributed by atoms with Crippen LogP contribution in [0.2, 0.25) is 0 Å². The van der Waals surface area contributed by atoms with Crippen LogP contribution in [0, 0.1) is 19.3 Å². The Morgan fingerprint density at radius 2 is 2.12 bits per heavy atom. The number of furan rings is 1. The molecule has 3 rings (SSSR count). The molecule has 0 saturated heterocycles. The van der Waals surface area contributed by atoms with E-state index in [1.807, 2.05) is 6.92 Å². The van der Waals surface area contributed by atoms with Gasteiger partial charge in [0, 0.05) is 18.1 Å². The average molecular weight is 334 g/mol. The number of aryl methyl sites for hydroxylation is 2. The first-order valence-corrected chi connectivity index (χ1v) is 8.72. The first kappa shape index (κ1) is 17.0. The van der Waals surface area contributed by atoms with Gasteiger partial charge in [0.15, 0.2) is 0 Å². The zero-order chi connectivity index (χ0) is 17.3. The van der Waals surface area contributed by atoms with Crippen molar-refractivity contribution >= 4 is 11.8 Å². The van der Waals surface area contributed by atoms with Gasteiger partial charge in [0.1, 0.15) is 11.5 Å². The number of hydrogen-bond acceptors (Lipinski definition) is 4. The zero-order valence-electron chi connectivity index (χ0n) is 14.6. The summed E-state index contributed by atoms with van der Waals surface area (Å²) in [5.41, 5.74) is 0.615.